The number of phenols is 1. The van der Waals surface area contributed by atoms with E-state index in [0.29, 0.717) is 43.5 Å². The number of ether oxygens (including phenoxy) is 2. The molecule has 3 N–H and O–H groups in total. The summed E-state index contributed by atoms with van der Waals surface area (Å²) in [5, 5.41) is 10.6. The predicted molar refractivity (Wildman–Crippen MR) is 110 cm³/mol. The number of rotatable bonds is 3. The van der Waals surface area contributed by atoms with E-state index in [1.165, 1.54) is 0 Å². The number of carbonyl (C=O) groups excluding carboxylic acids is 1. The van der Waals surface area contributed by atoms with Crippen molar-refractivity contribution in [3.05, 3.63) is 59.2 Å². The normalized spacial score (nSPS) is 22.2. The summed E-state index contributed by atoms with van der Waals surface area (Å²) in [6.45, 7) is 3.56. The third-order valence-corrected chi connectivity index (χ3v) is 6.10. The minimum Gasteiger partial charge on any atom is -0.507 e. The quantitative estimate of drug-likeness (QED) is 0.829. The number of fused-ring (bicyclic) bond motifs is 1. The molecule has 0 aromatic heterocycles. The van der Waals surface area contributed by atoms with Crippen LogP contribution < -0.4 is 10.5 Å². The van der Waals surface area contributed by atoms with Crippen molar-refractivity contribution in [3.63, 3.8) is 0 Å². The Labute approximate surface area is 171 Å². The summed E-state index contributed by atoms with van der Waals surface area (Å²) < 4.78 is 11.8. The lowest BCUT2D eigenvalue weighted by molar-refractivity contribution is -0.0633. The number of para-hydroxylation sites is 1. The van der Waals surface area contributed by atoms with Gasteiger partial charge < -0.3 is 25.2 Å². The molecule has 6 heteroatoms. The van der Waals surface area contributed by atoms with Crippen molar-refractivity contribution < 1.29 is 19.4 Å². The van der Waals surface area contributed by atoms with Crippen molar-refractivity contribution in [1.82, 2.24) is 4.90 Å². The average Bonchev–Trinajstić information content (AvgIpc) is 2.76. The molecule has 2 heterocycles. The summed E-state index contributed by atoms with van der Waals surface area (Å²) in [5.74, 6) is 1.24. The highest BCUT2D eigenvalue weighted by Crippen LogP contribution is 2.40. The molecule has 1 fully saturated rings. The molecule has 0 radical (unpaired) electrons. The minimum atomic E-state index is -0.308. The number of hydrogen-bond donors (Lipinski definition) is 2. The molecule has 154 valence electrons. The Morgan fingerprint density at radius 3 is 2.62 bits per heavy atom. The summed E-state index contributed by atoms with van der Waals surface area (Å²) in [7, 11) is 0. The second kappa shape index (κ2) is 8.43. The summed E-state index contributed by atoms with van der Waals surface area (Å²) >= 11 is 0. The molecule has 2 aliphatic heterocycles. The molecular formula is C23H28N2O4. The smallest absolute Gasteiger partial charge is 0.415 e. The number of likely N-dealkylation sites (tertiary alicyclic amines) is 1. The number of benzene rings is 2. The fourth-order valence-corrected chi connectivity index (χ4v) is 4.39. The lowest BCUT2D eigenvalue weighted by Crippen LogP contribution is -2.45. The zero-order valence-corrected chi connectivity index (χ0v) is 16.7. The summed E-state index contributed by atoms with van der Waals surface area (Å²) in [5.41, 5.74) is 8.79. The van der Waals surface area contributed by atoms with Crippen LogP contribution in [0, 0.1) is 12.8 Å². The largest absolute Gasteiger partial charge is 0.507 e. The van der Waals surface area contributed by atoms with E-state index in [1.807, 2.05) is 37.3 Å². The van der Waals surface area contributed by atoms with E-state index in [2.05, 4.69) is 0 Å². The summed E-state index contributed by atoms with van der Waals surface area (Å²) in [6, 6.07) is 13.1. The van der Waals surface area contributed by atoms with Crippen LogP contribution >= 0.6 is 0 Å². The van der Waals surface area contributed by atoms with Gasteiger partial charge in [-0.1, -0.05) is 30.3 Å². The predicted octanol–water partition coefficient (Wildman–Crippen LogP) is 3.55. The molecule has 6 nitrogen and oxygen atoms in total. The van der Waals surface area contributed by atoms with Gasteiger partial charge in [0.25, 0.3) is 0 Å². The Kier molecular flexibility index (Phi) is 5.74. The van der Waals surface area contributed by atoms with Crippen molar-refractivity contribution >= 4 is 6.09 Å². The molecule has 2 aliphatic rings. The van der Waals surface area contributed by atoms with E-state index in [9.17, 15) is 9.90 Å². The molecule has 2 aromatic carbocycles. The number of piperidine rings is 1. The van der Waals surface area contributed by atoms with Crippen molar-refractivity contribution in [3.8, 4) is 11.5 Å². The number of phenolic OH excluding ortho intramolecular Hbond substituents is 1. The van der Waals surface area contributed by atoms with Gasteiger partial charge in [-0.25, -0.2) is 4.79 Å². The molecule has 0 spiro atoms. The maximum atomic E-state index is 12.4. The second-order valence-corrected chi connectivity index (χ2v) is 7.91. The van der Waals surface area contributed by atoms with Gasteiger partial charge in [0.15, 0.2) is 0 Å². The first kappa shape index (κ1) is 19.7. The van der Waals surface area contributed by atoms with Crippen LogP contribution in [0.4, 0.5) is 4.79 Å². The van der Waals surface area contributed by atoms with Crippen molar-refractivity contribution in [2.24, 2.45) is 11.7 Å². The third kappa shape index (κ3) is 4.09. The third-order valence-electron chi connectivity index (χ3n) is 6.10. The number of hydrogen-bond acceptors (Lipinski definition) is 5. The number of aryl methyl sites for hydroxylation is 1. The van der Waals surface area contributed by atoms with Gasteiger partial charge in [0, 0.05) is 31.6 Å². The molecule has 2 atom stereocenters. The van der Waals surface area contributed by atoms with E-state index in [1.54, 1.807) is 17.0 Å². The second-order valence-electron chi connectivity index (χ2n) is 7.91. The van der Waals surface area contributed by atoms with Crippen molar-refractivity contribution in [2.45, 2.75) is 38.4 Å². The van der Waals surface area contributed by atoms with Gasteiger partial charge in [0.1, 0.15) is 11.5 Å². The van der Waals surface area contributed by atoms with Gasteiger partial charge in [-0.2, -0.15) is 0 Å². The number of carbonyl (C=O) groups is 1. The molecule has 4 rings (SSSR count). The minimum absolute atomic E-state index is 0.00366. The Hall–Kier alpha value is -2.57. The van der Waals surface area contributed by atoms with E-state index >= 15 is 0 Å². The molecule has 29 heavy (non-hydrogen) atoms. The maximum Gasteiger partial charge on any atom is 0.415 e. The fraction of sp³-hybridized carbons (Fsp3) is 0.435. The van der Waals surface area contributed by atoms with Gasteiger partial charge in [0.05, 0.1) is 12.2 Å². The topological polar surface area (TPSA) is 85.0 Å². The van der Waals surface area contributed by atoms with E-state index < -0.39 is 0 Å². The van der Waals surface area contributed by atoms with E-state index in [-0.39, 0.29) is 18.3 Å². The van der Waals surface area contributed by atoms with Crippen LogP contribution in [-0.4, -0.2) is 41.8 Å². The Bertz CT molecular complexity index is 863. The molecule has 0 saturated carbocycles. The lowest BCUT2D eigenvalue weighted by atomic mass is 9.83. The first-order valence-corrected chi connectivity index (χ1v) is 10.3. The van der Waals surface area contributed by atoms with Gasteiger partial charge >= 0.3 is 6.09 Å². The van der Waals surface area contributed by atoms with Gasteiger partial charge in [-0.05, 0) is 48.9 Å². The highest BCUT2D eigenvalue weighted by atomic mass is 16.6. The van der Waals surface area contributed by atoms with Crippen LogP contribution in [0.25, 0.3) is 0 Å². The molecule has 0 aliphatic carbocycles. The zero-order chi connectivity index (χ0) is 20.4. The molecule has 0 bridgehead atoms. The monoisotopic (exact) mass is 396 g/mol. The number of aromatic hydroxyl groups is 1. The van der Waals surface area contributed by atoms with Crippen LogP contribution in [0.1, 0.15) is 35.6 Å². The lowest BCUT2D eigenvalue weighted by Gasteiger charge is -2.40. The first-order chi connectivity index (χ1) is 14.1. The molecule has 2 unspecified atom stereocenters. The number of nitrogens with two attached hydrogens (primary N) is 1. The highest BCUT2D eigenvalue weighted by Gasteiger charge is 2.36. The summed E-state index contributed by atoms with van der Waals surface area (Å²) in [6.07, 6.45) is 1.85. The first-order valence-electron chi connectivity index (χ1n) is 10.3. The Balaban J connectivity index is 1.40. The molecule has 1 saturated heterocycles. The van der Waals surface area contributed by atoms with Crippen LogP contribution in [0.15, 0.2) is 42.5 Å². The molecule has 2 aromatic rings. The average molecular weight is 396 g/mol. The highest BCUT2D eigenvalue weighted by molar-refractivity contribution is 5.70. The van der Waals surface area contributed by atoms with Crippen LogP contribution in [-0.2, 0) is 11.2 Å². The van der Waals surface area contributed by atoms with Crippen molar-refractivity contribution in [1.29, 1.82) is 0 Å². The van der Waals surface area contributed by atoms with E-state index in [0.717, 1.165) is 29.5 Å². The molecule has 1 amide bonds. The van der Waals surface area contributed by atoms with Crippen LogP contribution in [0.5, 0.6) is 11.5 Å². The van der Waals surface area contributed by atoms with E-state index in [4.69, 9.17) is 15.2 Å². The summed E-state index contributed by atoms with van der Waals surface area (Å²) in [4.78, 5) is 14.2. The Morgan fingerprint density at radius 2 is 1.93 bits per heavy atom. The number of amides is 1. The van der Waals surface area contributed by atoms with Gasteiger partial charge in [-0.3, -0.25) is 0 Å². The maximum absolute atomic E-state index is 12.4. The van der Waals surface area contributed by atoms with Crippen LogP contribution in [0.2, 0.25) is 0 Å². The SMILES string of the molecule is Cc1ccc2c(c1O)CC(C1CCN(C(=O)Oc3ccccc3)CC1)OC2CN. The van der Waals surface area contributed by atoms with Crippen LogP contribution in [0.3, 0.4) is 0 Å². The van der Waals surface area contributed by atoms with Crippen molar-refractivity contribution in [2.75, 3.05) is 19.6 Å². The van der Waals surface area contributed by atoms with Gasteiger partial charge in [0.2, 0.25) is 0 Å². The Morgan fingerprint density at radius 1 is 1.21 bits per heavy atom. The zero-order valence-electron chi connectivity index (χ0n) is 16.7. The van der Waals surface area contributed by atoms with Gasteiger partial charge in [-0.15, -0.1) is 0 Å². The fourth-order valence-electron chi connectivity index (χ4n) is 4.39. The standard InChI is InChI=1S/C23H28N2O4/c1-15-7-8-18-19(22(15)26)13-20(29-21(18)14-24)16-9-11-25(12-10-16)23(27)28-17-5-3-2-4-6-17/h2-8,16,20-21,26H,9-14,24H2,1H3. The molecular weight excluding hydrogens is 368 g/mol. The number of nitrogens with zero attached hydrogens (tertiary/aromatic N) is 1.